The normalized spacial score (nSPS) is 8.00. The van der Waals surface area contributed by atoms with Crippen molar-refractivity contribution >= 4 is 11.6 Å². The Hall–Kier alpha value is -2.13. The number of azide groups is 1. The molecular weight excluding hydrogens is 212 g/mol. The van der Waals surface area contributed by atoms with Crippen LogP contribution in [0.15, 0.2) is 23.3 Å². The van der Waals surface area contributed by atoms with Gasteiger partial charge in [-0.3, -0.25) is 0 Å². The minimum atomic E-state index is 0.0773. The fourth-order valence-electron chi connectivity index (χ4n) is 0.919. The molecule has 4 nitrogen and oxygen atoms in total. The lowest BCUT2D eigenvalue weighted by Gasteiger charge is -1.94. The lowest BCUT2D eigenvalue weighted by Crippen LogP contribution is -1.83. The summed E-state index contributed by atoms with van der Waals surface area (Å²) in [6, 6.07) is 6.82. The van der Waals surface area contributed by atoms with E-state index in [9.17, 15) is 0 Å². The van der Waals surface area contributed by atoms with E-state index in [0.717, 1.165) is 0 Å². The lowest BCUT2D eigenvalue weighted by molar-refractivity contribution is 1.25. The highest BCUT2D eigenvalue weighted by Gasteiger charge is 1.98. The SMILES string of the molecule is N#Cc1ccc(Cl)cc1C#CCN=[N+]=[N-]. The summed E-state index contributed by atoms with van der Waals surface area (Å²) in [4.78, 5) is 2.56. The highest BCUT2D eigenvalue weighted by molar-refractivity contribution is 6.30. The standard InChI is InChI=1S/C10H5ClN4/c11-10-4-3-9(7-12)8(6-10)2-1-5-14-15-13/h3-4,6H,5H2. The maximum absolute atomic E-state index is 8.77. The molecule has 0 N–H and O–H groups in total. The first-order chi connectivity index (χ1) is 7.27. The van der Waals surface area contributed by atoms with Crippen LogP contribution in [0.4, 0.5) is 0 Å². The highest BCUT2D eigenvalue weighted by atomic mass is 35.5. The van der Waals surface area contributed by atoms with Crippen LogP contribution in [0.3, 0.4) is 0 Å². The van der Waals surface area contributed by atoms with E-state index >= 15 is 0 Å². The van der Waals surface area contributed by atoms with Crippen LogP contribution < -0.4 is 0 Å². The minimum Gasteiger partial charge on any atom is -0.192 e. The van der Waals surface area contributed by atoms with Crippen LogP contribution in [-0.2, 0) is 0 Å². The van der Waals surface area contributed by atoms with Gasteiger partial charge in [-0.2, -0.15) is 5.26 Å². The summed E-state index contributed by atoms with van der Waals surface area (Å²) < 4.78 is 0. The van der Waals surface area contributed by atoms with Gasteiger partial charge in [-0.1, -0.05) is 28.6 Å². The molecule has 5 heteroatoms. The van der Waals surface area contributed by atoms with Gasteiger partial charge in [0, 0.05) is 15.5 Å². The van der Waals surface area contributed by atoms with Crippen molar-refractivity contribution in [3.05, 3.63) is 44.8 Å². The topological polar surface area (TPSA) is 72.5 Å². The quantitative estimate of drug-likeness (QED) is 0.308. The maximum atomic E-state index is 8.77. The Labute approximate surface area is 91.7 Å². The van der Waals surface area contributed by atoms with Crippen molar-refractivity contribution in [2.24, 2.45) is 5.11 Å². The molecule has 0 spiro atoms. The summed E-state index contributed by atoms with van der Waals surface area (Å²) in [6.45, 7) is 0.0773. The molecule has 72 valence electrons. The Balaban J connectivity index is 3.01. The minimum absolute atomic E-state index is 0.0773. The van der Waals surface area contributed by atoms with E-state index in [1.54, 1.807) is 18.2 Å². The Morgan fingerprint density at radius 2 is 2.27 bits per heavy atom. The first kappa shape index (κ1) is 10.9. The van der Waals surface area contributed by atoms with E-state index in [-0.39, 0.29) is 6.54 Å². The summed E-state index contributed by atoms with van der Waals surface area (Å²) in [5.74, 6) is 5.34. The van der Waals surface area contributed by atoms with E-state index in [2.05, 4.69) is 21.9 Å². The van der Waals surface area contributed by atoms with Crippen molar-refractivity contribution in [1.29, 1.82) is 5.26 Å². The number of nitriles is 1. The first-order valence-corrected chi connectivity index (χ1v) is 4.35. The molecule has 0 unspecified atom stereocenters. The molecule has 0 radical (unpaired) electrons. The molecule has 0 aliphatic rings. The van der Waals surface area contributed by atoms with Gasteiger partial charge < -0.3 is 0 Å². The molecular formula is C10H5ClN4. The predicted octanol–water partition coefficient (Wildman–Crippen LogP) is 2.87. The molecule has 0 heterocycles. The lowest BCUT2D eigenvalue weighted by atomic mass is 10.1. The number of hydrogen-bond acceptors (Lipinski definition) is 2. The smallest absolute Gasteiger partial charge is 0.100 e. The molecule has 1 aromatic carbocycles. The number of rotatable bonds is 1. The Kier molecular flexibility index (Phi) is 4.06. The molecule has 0 saturated carbocycles. The van der Waals surface area contributed by atoms with Crippen LogP contribution in [0, 0.1) is 23.2 Å². The largest absolute Gasteiger partial charge is 0.192 e. The molecule has 1 aromatic rings. The second-order valence-corrected chi connectivity index (χ2v) is 2.93. The van der Waals surface area contributed by atoms with Crippen molar-refractivity contribution in [2.75, 3.05) is 6.54 Å². The van der Waals surface area contributed by atoms with E-state index in [1.165, 1.54) is 0 Å². The summed E-state index contributed by atoms with van der Waals surface area (Å²) in [5, 5.41) is 12.5. The van der Waals surface area contributed by atoms with Crippen molar-refractivity contribution in [1.82, 2.24) is 0 Å². The van der Waals surface area contributed by atoms with Gasteiger partial charge in [0.2, 0.25) is 0 Å². The van der Waals surface area contributed by atoms with Crippen LogP contribution in [0.5, 0.6) is 0 Å². The van der Waals surface area contributed by atoms with Crippen LogP contribution in [0.25, 0.3) is 10.4 Å². The zero-order valence-electron chi connectivity index (χ0n) is 7.61. The van der Waals surface area contributed by atoms with Crippen LogP contribution >= 0.6 is 11.6 Å². The van der Waals surface area contributed by atoms with E-state index < -0.39 is 0 Å². The Bertz CT molecular complexity index is 512. The zero-order chi connectivity index (χ0) is 11.1. The molecule has 0 saturated heterocycles. The first-order valence-electron chi connectivity index (χ1n) is 3.97. The third-order valence-electron chi connectivity index (χ3n) is 1.54. The summed E-state index contributed by atoms with van der Waals surface area (Å²) in [7, 11) is 0. The van der Waals surface area contributed by atoms with Gasteiger partial charge in [-0.25, -0.2) is 0 Å². The second-order valence-electron chi connectivity index (χ2n) is 2.49. The number of hydrogen-bond donors (Lipinski definition) is 0. The Morgan fingerprint density at radius 3 is 2.93 bits per heavy atom. The molecule has 15 heavy (non-hydrogen) atoms. The van der Waals surface area contributed by atoms with Crippen molar-refractivity contribution in [3.8, 4) is 17.9 Å². The molecule has 0 aliphatic carbocycles. The van der Waals surface area contributed by atoms with Crippen LogP contribution in [0.2, 0.25) is 5.02 Å². The van der Waals surface area contributed by atoms with Gasteiger partial charge >= 0.3 is 0 Å². The van der Waals surface area contributed by atoms with Crippen LogP contribution in [-0.4, -0.2) is 6.54 Å². The van der Waals surface area contributed by atoms with Crippen molar-refractivity contribution in [2.45, 2.75) is 0 Å². The highest BCUT2D eigenvalue weighted by Crippen LogP contribution is 2.14. The zero-order valence-corrected chi connectivity index (χ0v) is 8.36. The van der Waals surface area contributed by atoms with Gasteiger partial charge in [0.1, 0.15) is 6.07 Å². The van der Waals surface area contributed by atoms with E-state index in [4.69, 9.17) is 22.4 Å². The van der Waals surface area contributed by atoms with Gasteiger partial charge in [-0.15, -0.1) is 0 Å². The maximum Gasteiger partial charge on any atom is 0.100 e. The van der Waals surface area contributed by atoms with Crippen molar-refractivity contribution in [3.63, 3.8) is 0 Å². The van der Waals surface area contributed by atoms with Gasteiger partial charge in [0.25, 0.3) is 0 Å². The van der Waals surface area contributed by atoms with Crippen LogP contribution in [0.1, 0.15) is 11.1 Å². The molecule has 0 amide bonds. The molecule has 0 fully saturated rings. The van der Waals surface area contributed by atoms with Gasteiger partial charge in [0.05, 0.1) is 12.1 Å². The summed E-state index contributed by atoms with van der Waals surface area (Å²) in [5.41, 5.74) is 9.02. The number of nitrogens with zero attached hydrogens (tertiary/aromatic N) is 4. The second kappa shape index (κ2) is 5.57. The summed E-state index contributed by atoms with van der Waals surface area (Å²) in [6.07, 6.45) is 0. The summed E-state index contributed by atoms with van der Waals surface area (Å²) >= 11 is 5.75. The molecule has 0 aromatic heterocycles. The average molecular weight is 217 g/mol. The average Bonchev–Trinajstić information content (AvgIpc) is 2.25. The van der Waals surface area contributed by atoms with Gasteiger partial charge in [0.15, 0.2) is 0 Å². The number of benzene rings is 1. The third kappa shape index (κ3) is 3.25. The molecule has 1 rings (SSSR count). The number of halogens is 1. The molecule has 0 bridgehead atoms. The fraction of sp³-hybridized carbons (Fsp3) is 0.100. The van der Waals surface area contributed by atoms with E-state index in [1.807, 2.05) is 6.07 Å². The fourth-order valence-corrected chi connectivity index (χ4v) is 1.09. The predicted molar refractivity (Wildman–Crippen MR) is 57.1 cm³/mol. The monoisotopic (exact) mass is 216 g/mol. The van der Waals surface area contributed by atoms with Gasteiger partial charge in [-0.05, 0) is 23.7 Å². The van der Waals surface area contributed by atoms with E-state index in [0.29, 0.717) is 16.1 Å². The third-order valence-corrected chi connectivity index (χ3v) is 1.77. The molecule has 0 aliphatic heterocycles. The Morgan fingerprint density at radius 1 is 1.47 bits per heavy atom. The molecule has 0 atom stereocenters. The van der Waals surface area contributed by atoms with Crippen molar-refractivity contribution < 1.29 is 0 Å².